The third-order valence-electron chi connectivity index (χ3n) is 2.88. The zero-order valence-electron chi connectivity index (χ0n) is 9.01. The molecule has 0 bridgehead atoms. The lowest BCUT2D eigenvalue weighted by molar-refractivity contribution is 1.01. The summed E-state index contributed by atoms with van der Waals surface area (Å²) in [6.07, 6.45) is 4.53. The fourth-order valence-corrected chi connectivity index (χ4v) is 1.94. The lowest BCUT2D eigenvalue weighted by atomic mass is 10.2. The molecule has 2 N–H and O–H groups in total. The van der Waals surface area contributed by atoms with Crippen LogP contribution < -0.4 is 5.73 Å². The molecule has 2 aromatic rings. The number of aromatic nitrogens is 2. The summed E-state index contributed by atoms with van der Waals surface area (Å²) in [5.41, 5.74) is 10.1. The second kappa shape index (κ2) is 4.52. The zero-order chi connectivity index (χ0) is 9.71. The molecule has 0 unspecified atom stereocenters. The molecule has 0 spiro atoms. The SMILES string of the molecule is Cc1c(C2CC2)nc2ccc(N)cn12.Cl.Cl. The molecule has 1 saturated carbocycles. The first-order chi connectivity index (χ1) is 6.75. The molecule has 0 aromatic carbocycles. The molecule has 0 radical (unpaired) electrons. The molecule has 5 heteroatoms. The number of aryl methyl sites for hydroxylation is 1. The standard InChI is InChI=1S/C11H13N3.2ClH/c1-7-11(8-2-3-8)13-10-5-4-9(12)6-14(7)10;;/h4-6,8H,2-3,12H2,1H3;2*1H. The Labute approximate surface area is 107 Å². The Bertz CT molecular complexity index is 503. The van der Waals surface area contributed by atoms with E-state index >= 15 is 0 Å². The summed E-state index contributed by atoms with van der Waals surface area (Å²) in [7, 11) is 0. The highest BCUT2D eigenvalue weighted by molar-refractivity contribution is 5.85. The van der Waals surface area contributed by atoms with E-state index in [9.17, 15) is 0 Å². The van der Waals surface area contributed by atoms with Gasteiger partial charge in [-0.05, 0) is 31.9 Å². The van der Waals surface area contributed by atoms with Gasteiger partial charge in [0.05, 0.1) is 5.69 Å². The van der Waals surface area contributed by atoms with Crippen LogP contribution in [0.25, 0.3) is 5.65 Å². The smallest absolute Gasteiger partial charge is 0.137 e. The van der Waals surface area contributed by atoms with Gasteiger partial charge in [-0.25, -0.2) is 4.98 Å². The number of imidazole rings is 1. The second-order valence-corrected chi connectivity index (χ2v) is 4.05. The average Bonchev–Trinajstić information content (AvgIpc) is 2.95. The number of fused-ring (bicyclic) bond motifs is 1. The first kappa shape index (κ1) is 13.1. The van der Waals surface area contributed by atoms with Crippen molar-refractivity contribution in [1.82, 2.24) is 9.38 Å². The van der Waals surface area contributed by atoms with E-state index in [2.05, 4.69) is 16.3 Å². The van der Waals surface area contributed by atoms with Gasteiger partial charge >= 0.3 is 0 Å². The molecular formula is C11H15Cl2N3. The first-order valence-corrected chi connectivity index (χ1v) is 5.00. The summed E-state index contributed by atoms with van der Waals surface area (Å²) in [5, 5.41) is 0. The van der Waals surface area contributed by atoms with Gasteiger partial charge in [0.2, 0.25) is 0 Å². The van der Waals surface area contributed by atoms with Gasteiger partial charge in [-0.2, -0.15) is 0 Å². The lowest BCUT2D eigenvalue weighted by Crippen LogP contribution is -1.92. The summed E-state index contributed by atoms with van der Waals surface area (Å²) in [5.74, 6) is 0.705. The van der Waals surface area contributed by atoms with E-state index < -0.39 is 0 Å². The van der Waals surface area contributed by atoms with Gasteiger partial charge in [0, 0.05) is 23.5 Å². The predicted octanol–water partition coefficient (Wildman–Crippen LogP) is 2.95. The van der Waals surface area contributed by atoms with Crippen molar-refractivity contribution in [2.45, 2.75) is 25.7 Å². The van der Waals surface area contributed by atoms with E-state index in [1.165, 1.54) is 24.2 Å². The summed E-state index contributed by atoms with van der Waals surface area (Å²) in [4.78, 5) is 4.62. The Morgan fingerprint density at radius 3 is 2.62 bits per heavy atom. The van der Waals surface area contributed by atoms with E-state index in [0.717, 1.165) is 11.3 Å². The number of nitrogens with two attached hydrogens (primary N) is 1. The van der Waals surface area contributed by atoms with Crippen molar-refractivity contribution in [1.29, 1.82) is 0 Å². The van der Waals surface area contributed by atoms with Crippen LogP contribution in [-0.2, 0) is 0 Å². The number of nitrogens with zero attached hydrogens (tertiary/aromatic N) is 2. The third-order valence-corrected chi connectivity index (χ3v) is 2.88. The highest BCUT2D eigenvalue weighted by Crippen LogP contribution is 2.41. The van der Waals surface area contributed by atoms with Gasteiger partial charge in [0.15, 0.2) is 0 Å². The normalized spacial score (nSPS) is 14.3. The number of rotatable bonds is 1. The Hall–Kier alpha value is -0.930. The molecule has 3 rings (SSSR count). The Morgan fingerprint density at radius 1 is 1.31 bits per heavy atom. The Morgan fingerprint density at radius 2 is 2.00 bits per heavy atom. The zero-order valence-corrected chi connectivity index (χ0v) is 10.6. The van der Waals surface area contributed by atoms with Crippen molar-refractivity contribution < 1.29 is 0 Å². The number of pyridine rings is 1. The van der Waals surface area contributed by atoms with E-state index in [4.69, 9.17) is 5.73 Å². The molecule has 1 aliphatic carbocycles. The summed E-state index contributed by atoms with van der Waals surface area (Å²) >= 11 is 0. The number of nitrogen functional groups attached to an aromatic ring is 1. The van der Waals surface area contributed by atoms with Crippen molar-refractivity contribution in [2.24, 2.45) is 0 Å². The van der Waals surface area contributed by atoms with Crippen molar-refractivity contribution >= 4 is 36.1 Å². The Balaban J connectivity index is 0.000000640. The molecule has 0 atom stereocenters. The van der Waals surface area contributed by atoms with Crippen molar-refractivity contribution in [3.05, 3.63) is 29.7 Å². The second-order valence-electron chi connectivity index (χ2n) is 4.05. The van der Waals surface area contributed by atoms with E-state index in [-0.39, 0.29) is 24.8 Å². The van der Waals surface area contributed by atoms with Crippen LogP contribution in [0, 0.1) is 6.92 Å². The molecule has 2 heterocycles. The number of hydrogen-bond donors (Lipinski definition) is 1. The van der Waals surface area contributed by atoms with Gasteiger partial charge in [0.25, 0.3) is 0 Å². The maximum atomic E-state index is 5.75. The van der Waals surface area contributed by atoms with Gasteiger partial charge in [0.1, 0.15) is 5.65 Å². The topological polar surface area (TPSA) is 43.3 Å². The molecule has 2 aromatic heterocycles. The van der Waals surface area contributed by atoms with Crippen molar-refractivity contribution in [3.63, 3.8) is 0 Å². The van der Waals surface area contributed by atoms with E-state index in [0.29, 0.717) is 5.92 Å². The van der Waals surface area contributed by atoms with Crippen LogP contribution in [-0.4, -0.2) is 9.38 Å². The van der Waals surface area contributed by atoms with Crippen molar-refractivity contribution in [3.8, 4) is 0 Å². The minimum absolute atomic E-state index is 0. The molecule has 88 valence electrons. The van der Waals surface area contributed by atoms with Crippen molar-refractivity contribution in [2.75, 3.05) is 5.73 Å². The number of halogens is 2. The monoisotopic (exact) mass is 259 g/mol. The molecule has 1 fully saturated rings. The van der Waals surface area contributed by atoms with Crippen LogP contribution in [0.15, 0.2) is 18.3 Å². The molecule has 0 aliphatic heterocycles. The molecule has 16 heavy (non-hydrogen) atoms. The molecule has 3 nitrogen and oxygen atoms in total. The maximum absolute atomic E-state index is 5.75. The lowest BCUT2D eigenvalue weighted by Gasteiger charge is -1.98. The van der Waals surface area contributed by atoms with Crippen LogP contribution in [0.3, 0.4) is 0 Å². The van der Waals surface area contributed by atoms with Gasteiger partial charge in [-0.1, -0.05) is 0 Å². The van der Waals surface area contributed by atoms with Crippen LogP contribution >= 0.6 is 24.8 Å². The van der Waals surface area contributed by atoms with Gasteiger partial charge < -0.3 is 10.1 Å². The molecular weight excluding hydrogens is 245 g/mol. The predicted molar refractivity (Wildman–Crippen MR) is 70.8 cm³/mol. The summed E-state index contributed by atoms with van der Waals surface area (Å²) < 4.78 is 2.09. The summed E-state index contributed by atoms with van der Waals surface area (Å²) in [6, 6.07) is 3.88. The molecule has 0 amide bonds. The largest absolute Gasteiger partial charge is 0.398 e. The highest BCUT2D eigenvalue weighted by atomic mass is 35.5. The van der Waals surface area contributed by atoms with Crippen LogP contribution in [0.1, 0.15) is 30.1 Å². The van der Waals surface area contributed by atoms with Gasteiger partial charge in [-0.15, -0.1) is 24.8 Å². The maximum Gasteiger partial charge on any atom is 0.137 e. The van der Waals surface area contributed by atoms with Crippen LogP contribution in [0.5, 0.6) is 0 Å². The first-order valence-electron chi connectivity index (χ1n) is 5.00. The van der Waals surface area contributed by atoms with E-state index in [1.807, 2.05) is 18.3 Å². The fourth-order valence-electron chi connectivity index (χ4n) is 1.94. The quantitative estimate of drug-likeness (QED) is 0.856. The average molecular weight is 260 g/mol. The highest BCUT2D eigenvalue weighted by Gasteiger charge is 2.28. The minimum Gasteiger partial charge on any atom is -0.398 e. The third kappa shape index (κ3) is 1.97. The summed E-state index contributed by atoms with van der Waals surface area (Å²) in [6.45, 7) is 2.12. The number of anilines is 1. The van der Waals surface area contributed by atoms with E-state index in [1.54, 1.807) is 0 Å². The number of hydrogen-bond acceptors (Lipinski definition) is 2. The molecule has 0 saturated heterocycles. The van der Waals surface area contributed by atoms with Crippen LogP contribution in [0.4, 0.5) is 5.69 Å². The fraction of sp³-hybridized carbons (Fsp3) is 0.364. The van der Waals surface area contributed by atoms with Gasteiger partial charge in [-0.3, -0.25) is 0 Å². The minimum atomic E-state index is 0. The molecule has 1 aliphatic rings. The van der Waals surface area contributed by atoms with Crippen LogP contribution in [0.2, 0.25) is 0 Å². The Kier molecular flexibility index (Phi) is 3.71.